The Morgan fingerprint density at radius 2 is 2.05 bits per heavy atom. The quantitative estimate of drug-likeness (QED) is 0.928. The van der Waals surface area contributed by atoms with Crippen LogP contribution in [0.4, 0.5) is 11.8 Å². The lowest BCUT2D eigenvalue weighted by molar-refractivity contribution is 1.01. The van der Waals surface area contributed by atoms with Crippen molar-refractivity contribution in [2.24, 2.45) is 0 Å². The predicted octanol–water partition coefficient (Wildman–Crippen LogP) is 3.87. The summed E-state index contributed by atoms with van der Waals surface area (Å²) in [7, 11) is 0. The third kappa shape index (κ3) is 2.68. The van der Waals surface area contributed by atoms with Gasteiger partial charge in [-0.15, -0.1) is 11.8 Å². The minimum atomic E-state index is 0.563. The highest BCUT2D eigenvalue weighted by Crippen LogP contribution is 2.36. The molecule has 1 aliphatic heterocycles. The third-order valence-electron chi connectivity index (χ3n) is 3.87. The zero-order chi connectivity index (χ0) is 14.9. The number of anilines is 2. The van der Waals surface area contributed by atoms with Gasteiger partial charge in [-0.25, -0.2) is 4.98 Å². The zero-order valence-corrected chi connectivity index (χ0v) is 13.3. The lowest BCUT2D eigenvalue weighted by atomic mass is 10.1. The van der Waals surface area contributed by atoms with Crippen LogP contribution in [0.5, 0.6) is 0 Å². The number of hydrogen-bond acceptors (Lipinski definition) is 5. The van der Waals surface area contributed by atoms with Gasteiger partial charge in [-0.3, -0.25) is 0 Å². The van der Waals surface area contributed by atoms with Crippen LogP contribution in [0.2, 0.25) is 0 Å². The molecule has 2 aromatic rings. The van der Waals surface area contributed by atoms with Crippen molar-refractivity contribution in [1.82, 2.24) is 9.97 Å². The Hall–Kier alpha value is -2.01. The van der Waals surface area contributed by atoms with E-state index in [1.807, 2.05) is 12.3 Å². The van der Waals surface area contributed by atoms with Crippen LogP contribution in [-0.2, 0) is 0 Å². The van der Waals surface area contributed by atoms with Crippen LogP contribution < -0.4 is 10.2 Å². The standard InChI is InChI=1S/C17H18N4S/c1-12-9-18-17(19-14-7-8-14)20-16(12)21-11-22-10-15(21)13-5-3-2-4-6-13/h2-6,9-10,14H,7-8,11H2,1H3,(H,18,19,20). The van der Waals surface area contributed by atoms with Crippen LogP contribution in [0.15, 0.2) is 41.9 Å². The van der Waals surface area contributed by atoms with Gasteiger partial charge in [-0.1, -0.05) is 30.3 Å². The SMILES string of the molecule is Cc1cnc(NC2CC2)nc1N1CSC=C1c1ccccc1. The molecule has 1 aliphatic carbocycles. The molecule has 2 aliphatic rings. The number of nitrogens with zero attached hydrogens (tertiary/aromatic N) is 3. The summed E-state index contributed by atoms with van der Waals surface area (Å²) in [5, 5.41) is 5.60. The van der Waals surface area contributed by atoms with Crippen LogP contribution in [0, 0.1) is 6.92 Å². The van der Waals surface area contributed by atoms with Crippen LogP contribution in [-0.4, -0.2) is 21.9 Å². The molecule has 0 bridgehead atoms. The lowest BCUT2D eigenvalue weighted by Crippen LogP contribution is -2.20. The average Bonchev–Trinajstić information content (AvgIpc) is 3.23. The maximum Gasteiger partial charge on any atom is 0.224 e. The molecule has 1 saturated carbocycles. The number of hydrogen-bond donors (Lipinski definition) is 1. The first kappa shape index (κ1) is 13.6. The Balaban J connectivity index is 1.67. The van der Waals surface area contributed by atoms with Crippen molar-refractivity contribution in [3.63, 3.8) is 0 Å². The molecule has 1 fully saturated rings. The molecule has 1 aromatic carbocycles. The number of thioether (sulfide) groups is 1. The molecular formula is C17H18N4S. The van der Waals surface area contributed by atoms with E-state index < -0.39 is 0 Å². The van der Waals surface area contributed by atoms with Crippen LogP contribution >= 0.6 is 11.8 Å². The molecule has 4 nitrogen and oxygen atoms in total. The maximum absolute atomic E-state index is 4.76. The second-order valence-corrected chi connectivity index (χ2v) is 6.54. The van der Waals surface area contributed by atoms with Gasteiger partial charge < -0.3 is 10.2 Å². The zero-order valence-electron chi connectivity index (χ0n) is 12.5. The van der Waals surface area contributed by atoms with Crippen molar-refractivity contribution in [2.45, 2.75) is 25.8 Å². The summed E-state index contributed by atoms with van der Waals surface area (Å²) in [4.78, 5) is 11.4. The fourth-order valence-electron chi connectivity index (χ4n) is 2.52. The van der Waals surface area contributed by atoms with E-state index in [-0.39, 0.29) is 0 Å². The van der Waals surface area contributed by atoms with Crippen LogP contribution in [0.3, 0.4) is 0 Å². The molecule has 0 amide bonds. The van der Waals surface area contributed by atoms with Crippen LogP contribution in [0.25, 0.3) is 5.70 Å². The first-order valence-electron chi connectivity index (χ1n) is 7.56. The van der Waals surface area contributed by atoms with Gasteiger partial charge in [0.25, 0.3) is 0 Å². The topological polar surface area (TPSA) is 41.1 Å². The average molecular weight is 310 g/mol. The van der Waals surface area contributed by atoms with Gasteiger partial charge in [-0.05, 0) is 30.7 Å². The van der Waals surface area contributed by atoms with E-state index in [1.165, 1.54) is 24.1 Å². The van der Waals surface area contributed by atoms with E-state index in [1.54, 1.807) is 11.8 Å². The first-order chi connectivity index (χ1) is 10.8. The van der Waals surface area contributed by atoms with Gasteiger partial charge in [0.1, 0.15) is 5.82 Å². The van der Waals surface area contributed by atoms with E-state index >= 15 is 0 Å². The fourth-order valence-corrected chi connectivity index (χ4v) is 3.42. The van der Waals surface area contributed by atoms with Gasteiger partial charge in [0.15, 0.2) is 0 Å². The molecule has 0 unspecified atom stereocenters. The predicted molar refractivity (Wildman–Crippen MR) is 92.8 cm³/mol. The van der Waals surface area contributed by atoms with Gasteiger partial charge in [0.05, 0.1) is 11.6 Å². The molecule has 1 N–H and O–H groups in total. The summed E-state index contributed by atoms with van der Waals surface area (Å²) in [6.07, 6.45) is 4.36. The van der Waals surface area contributed by atoms with E-state index in [0.29, 0.717) is 6.04 Å². The summed E-state index contributed by atoms with van der Waals surface area (Å²) >= 11 is 1.80. The van der Waals surface area contributed by atoms with E-state index in [2.05, 4.69) is 51.8 Å². The Kier molecular flexibility index (Phi) is 3.50. The molecule has 22 heavy (non-hydrogen) atoms. The largest absolute Gasteiger partial charge is 0.351 e. The molecule has 0 spiro atoms. The normalized spacial score (nSPS) is 17.5. The number of aromatic nitrogens is 2. The van der Waals surface area contributed by atoms with Crippen molar-refractivity contribution < 1.29 is 0 Å². The molecule has 5 heteroatoms. The van der Waals surface area contributed by atoms with Crippen molar-refractivity contribution in [2.75, 3.05) is 16.1 Å². The molecule has 4 rings (SSSR count). The van der Waals surface area contributed by atoms with Crippen molar-refractivity contribution >= 4 is 29.2 Å². The highest BCUT2D eigenvalue weighted by molar-refractivity contribution is 8.02. The molecule has 0 atom stereocenters. The highest BCUT2D eigenvalue weighted by Gasteiger charge is 2.25. The first-order valence-corrected chi connectivity index (χ1v) is 8.61. The number of benzene rings is 1. The molecule has 2 heterocycles. The van der Waals surface area contributed by atoms with Gasteiger partial charge in [0.2, 0.25) is 5.95 Å². The summed E-state index contributed by atoms with van der Waals surface area (Å²) in [6, 6.07) is 11.0. The summed E-state index contributed by atoms with van der Waals surface area (Å²) in [5.74, 6) is 2.64. The second-order valence-electron chi connectivity index (χ2n) is 5.71. The van der Waals surface area contributed by atoms with E-state index in [0.717, 1.165) is 23.2 Å². The van der Waals surface area contributed by atoms with Crippen molar-refractivity contribution in [3.8, 4) is 0 Å². The monoisotopic (exact) mass is 310 g/mol. The van der Waals surface area contributed by atoms with E-state index in [4.69, 9.17) is 4.98 Å². The van der Waals surface area contributed by atoms with E-state index in [9.17, 15) is 0 Å². The molecular weight excluding hydrogens is 292 g/mol. The third-order valence-corrected chi connectivity index (χ3v) is 4.67. The molecule has 0 saturated heterocycles. The maximum atomic E-state index is 4.76. The lowest BCUT2D eigenvalue weighted by Gasteiger charge is -2.23. The van der Waals surface area contributed by atoms with Gasteiger partial charge in [-0.2, -0.15) is 4.98 Å². The Morgan fingerprint density at radius 1 is 1.23 bits per heavy atom. The molecule has 1 aromatic heterocycles. The Labute approximate surface area is 134 Å². The minimum Gasteiger partial charge on any atom is -0.351 e. The molecule has 0 radical (unpaired) electrons. The minimum absolute atomic E-state index is 0.563. The summed E-state index contributed by atoms with van der Waals surface area (Å²) < 4.78 is 0. The summed E-state index contributed by atoms with van der Waals surface area (Å²) in [6.45, 7) is 2.07. The van der Waals surface area contributed by atoms with Crippen LogP contribution in [0.1, 0.15) is 24.0 Å². The van der Waals surface area contributed by atoms with Crippen molar-refractivity contribution in [1.29, 1.82) is 0 Å². The molecule has 112 valence electrons. The smallest absolute Gasteiger partial charge is 0.224 e. The number of nitrogens with one attached hydrogen (secondary N) is 1. The Morgan fingerprint density at radius 3 is 2.82 bits per heavy atom. The number of aryl methyl sites for hydroxylation is 1. The van der Waals surface area contributed by atoms with Gasteiger partial charge in [0, 0.05) is 17.8 Å². The highest BCUT2D eigenvalue weighted by atomic mass is 32.2. The summed E-state index contributed by atoms with van der Waals surface area (Å²) in [5.41, 5.74) is 3.54. The fraction of sp³-hybridized carbons (Fsp3) is 0.294. The van der Waals surface area contributed by atoms with Crippen molar-refractivity contribution in [3.05, 3.63) is 53.1 Å². The van der Waals surface area contributed by atoms with Gasteiger partial charge >= 0.3 is 0 Å². The number of rotatable bonds is 4. The second kappa shape index (κ2) is 5.65. The Bertz CT molecular complexity index is 710.